The Morgan fingerprint density at radius 1 is 1.11 bits per heavy atom. The van der Waals surface area contributed by atoms with Crippen LogP contribution in [0, 0.1) is 0 Å². The molecule has 3 aromatic rings. The Kier molecular flexibility index (Phi) is 5.30. The van der Waals surface area contributed by atoms with E-state index >= 15 is 0 Å². The van der Waals surface area contributed by atoms with Gasteiger partial charge in [-0.25, -0.2) is 4.98 Å². The van der Waals surface area contributed by atoms with E-state index in [2.05, 4.69) is 39.9 Å². The van der Waals surface area contributed by atoms with Gasteiger partial charge in [0.1, 0.15) is 6.26 Å². The molecule has 27 heavy (non-hydrogen) atoms. The summed E-state index contributed by atoms with van der Waals surface area (Å²) in [5, 5.41) is 6.35. The lowest BCUT2D eigenvalue weighted by Gasteiger charge is -2.18. The SMILES string of the molecule is O=C(NCC(c1ccccc1)c1ccccc1)c1coc(C2CCCN2)n1. The van der Waals surface area contributed by atoms with Gasteiger partial charge < -0.3 is 15.1 Å². The molecule has 2 heterocycles. The van der Waals surface area contributed by atoms with E-state index in [1.54, 1.807) is 0 Å². The fourth-order valence-corrected chi connectivity index (χ4v) is 3.53. The largest absolute Gasteiger partial charge is 0.446 e. The van der Waals surface area contributed by atoms with Crippen LogP contribution in [-0.4, -0.2) is 24.0 Å². The smallest absolute Gasteiger partial charge is 0.273 e. The molecule has 1 aromatic heterocycles. The molecule has 5 nitrogen and oxygen atoms in total. The van der Waals surface area contributed by atoms with Gasteiger partial charge in [-0.3, -0.25) is 4.79 Å². The van der Waals surface area contributed by atoms with Crippen molar-refractivity contribution in [3.63, 3.8) is 0 Å². The molecule has 1 aliphatic rings. The molecule has 1 atom stereocenters. The average molecular weight is 361 g/mol. The fraction of sp³-hybridized carbons (Fsp3) is 0.273. The van der Waals surface area contributed by atoms with Crippen molar-refractivity contribution in [1.82, 2.24) is 15.6 Å². The van der Waals surface area contributed by atoms with Crippen molar-refractivity contribution < 1.29 is 9.21 Å². The van der Waals surface area contributed by atoms with Gasteiger partial charge >= 0.3 is 0 Å². The van der Waals surface area contributed by atoms with E-state index in [0.717, 1.165) is 19.4 Å². The Hall–Kier alpha value is -2.92. The number of hydrogen-bond donors (Lipinski definition) is 2. The molecule has 0 saturated carbocycles. The minimum Gasteiger partial charge on any atom is -0.446 e. The number of oxazole rings is 1. The lowest BCUT2D eigenvalue weighted by atomic mass is 9.91. The van der Waals surface area contributed by atoms with Gasteiger partial charge in [-0.05, 0) is 30.5 Å². The molecule has 1 unspecified atom stereocenters. The van der Waals surface area contributed by atoms with E-state index in [0.29, 0.717) is 18.1 Å². The zero-order chi connectivity index (χ0) is 18.5. The van der Waals surface area contributed by atoms with Crippen molar-refractivity contribution in [1.29, 1.82) is 0 Å². The molecular weight excluding hydrogens is 338 g/mol. The molecule has 5 heteroatoms. The number of hydrogen-bond acceptors (Lipinski definition) is 4. The summed E-state index contributed by atoms with van der Waals surface area (Å²) >= 11 is 0. The van der Waals surface area contributed by atoms with Crippen molar-refractivity contribution >= 4 is 5.91 Å². The molecule has 1 saturated heterocycles. The Morgan fingerprint density at radius 3 is 2.37 bits per heavy atom. The number of carbonyl (C=O) groups excluding carboxylic acids is 1. The molecule has 2 N–H and O–H groups in total. The zero-order valence-corrected chi connectivity index (χ0v) is 15.1. The average Bonchev–Trinajstić information content (AvgIpc) is 3.41. The standard InChI is InChI=1S/C22H23N3O2/c26-21(20-15-27-22(25-20)19-12-7-13-23-19)24-14-18(16-8-3-1-4-9-16)17-10-5-2-6-11-17/h1-6,8-11,15,18-19,23H,7,12-14H2,(H,24,26). The fourth-order valence-electron chi connectivity index (χ4n) is 3.53. The molecule has 1 amide bonds. The summed E-state index contributed by atoms with van der Waals surface area (Å²) in [5.74, 6) is 0.472. The first-order valence-electron chi connectivity index (χ1n) is 9.38. The third kappa shape index (κ3) is 4.09. The maximum atomic E-state index is 12.6. The first kappa shape index (κ1) is 17.5. The summed E-state index contributed by atoms with van der Waals surface area (Å²) in [5.41, 5.74) is 2.67. The van der Waals surface area contributed by atoms with Crippen molar-refractivity contribution in [2.24, 2.45) is 0 Å². The second kappa shape index (κ2) is 8.18. The number of carbonyl (C=O) groups is 1. The monoisotopic (exact) mass is 361 g/mol. The Morgan fingerprint density at radius 2 is 1.78 bits per heavy atom. The van der Waals surface area contributed by atoms with Crippen molar-refractivity contribution in [2.75, 3.05) is 13.1 Å². The lowest BCUT2D eigenvalue weighted by molar-refractivity contribution is 0.0947. The third-order valence-electron chi connectivity index (χ3n) is 4.98. The van der Waals surface area contributed by atoms with Crippen LogP contribution in [0.1, 0.15) is 52.3 Å². The van der Waals surface area contributed by atoms with E-state index in [4.69, 9.17) is 4.42 Å². The molecule has 1 aliphatic heterocycles. The van der Waals surface area contributed by atoms with E-state index in [1.807, 2.05) is 36.4 Å². The summed E-state index contributed by atoms with van der Waals surface area (Å²) in [6.45, 7) is 1.46. The summed E-state index contributed by atoms with van der Waals surface area (Å²) < 4.78 is 5.51. The number of aromatic nitrogens is 1. The molecule has 0 spiro atoms. The summed E-state index contributed by atoms with van der Waals surface area (Å²) in [7, 11) is 0. The van der Waals surface area contributed by atoms with Crippen LogP contribution in [-0.2, 0) is 0 Å². The first-order chi connectivity index (χ1) is 13.3. The quantitative estimate of drug-likeness (QED) is 0.703. The van der Waals surface area contributed by atoms with Crippen molar-refractivity contribution in [2.45, 2.75) is 24.8 Å². The highest BCUT2D eigenvalue weighted by Crippen LogP contribution is 2.24. The molecule has 4 rings (SSSR count). The highest BCUT2D eigenvalue weighted by molar-refractivity contribution is 5.92. The highest BCUT2D eigenvalue weighted by Gasteiger charge is 2.23. The zero-order valence-electron chi connectivity index (χ0n) is 15.1. The molecule has 2 aromatic carbocycles. The van der Waals surface area contributed by atoms with Crippen LogP contribution >= 0.6 is 0 Å². The maximum absolute atomic E-state index is 12.6. The van der Waals surface area contributed by atoms with Crippen LogP contribution in [0.25, 0.3) is 0 Å². The molecule has 1 fully saturated rings. The van der Waals surface area contributed by atoms with Gasteiger partial charge in [0, 0.05) is 12.5 Å². The van der Waals surface area contributed by atoms with Gasteiger partial charge in [0.25, 0.3) is 5.91 Å². The minimum absolute atomic E-state index is 0.0826. The van der Waals surface area contributed by atoms with Crippen LogP contribution < -0.4 is 10.6 Å². The normalized spacial score (nSPS) is 16.6. The maximum Gasteiger partial charge on any atom is 0.273 e. The number of nitrogens with one attached hydrogen (secondary N) is 2. The van der Waals surface area contributed by atoms with Crippen LogP contribution in [0.15, 0.2) is 71.3 Å². The predicted octanol–water partition coefficient (Wildman–Crippen LogP) is 3.66. The van der Waals surface area contributed by atoms with E-state index < -0.39 is 0 Å². The van der Waals surface area contributed by atoms with Gasteiger partial charge in [-0.2, -0.15) is 0 Å². The molecule has 0 radical (unpaired) electrons. The van der Waals surface area contributed by atoms with Gasteiger partial charge in [0.15, 0.2) is 5.69 Å². The summed E-state index contributed by atoms with van der Waals surface area (Å²) in [6, 6.07) is 20.5. The second-order valence-corrected chi connectivity index (χ2v) is 6.80. The molecule has 0 bridgehead atoms. The Bertz CT molecular complexity index is 831. The van der Waals surface area contributed by atoms with Gasteiger partial charge in [-0.15, -0.1) is 0 Å². The number of amides is 1. The predicted molar refractivity (Wildman–Crippen MR) is 104 cm³/mol. The third-order valence-corrected chi connectivity index (χ3v) is 4.98. The summed E-state index contributed by atoms with van der Waals surface area (Å²) in [6.07, 6.45) is 3.54. The van der Waals surface area contributed by atoms with E-state index in [1.165, 1.54) is 17.4 Å². The van der Waals surface area contributed by atoms with Crippen LogP contribution in [0.4, 0.5) is 0 Å². The minimum atomic E-state index is -0.208. The van der Waals surface area contributed by atoms with Crippen molar-refractivity contribution in [3.8, 4) is 0 Å². The number of benzene rings is 2. The van der Waals surface area contributed by atoms with Gasteiger partial charge in [-0.1, -0.05) is 60.7 Å². The number of nitrogens with zero attached hydrogens (tertiary/aromatic N) is 1. The Labute approximate surface area is 158 Å². The lowest BCUT2D eigenvalue weighted by Crippen LogP contribution is -2.29. The van der Waals surface area contributed by atoms with E-state index in [-0.39, 0.29) is 17.9 Å². The van der Waals surface area contributed by atoms with Crippen molar-refractivity contribution in [3.05, 3.63) is 89.6 Å². The molecule has 138 valence electrons. The van der Waals surface area contributed by atoms with Gasteiger partial charge in [0.2, 0.25) is 5.89 Å². The number of rotatable bonds is 6. The topological polar surface area (TPSA) is 67.2 Å². The first-order valence-corrected chi connectivity index (χ1v) is 9.38. The van der Waals surface area contributed by atoms with Crippen LogP contribution in [0.2, 0.25) is 0 Å². The molecular formula is C22H23N3O2. The second-order valence-electron chi connectivity index (χ2n) is 6.80. The summed E-state index contributed by atoms with van der Waals surface area (Å²) in [4.78, 5) is 17.0. The van der Waals surface area contributed by atoms with Gasteiger partial charge in [0.05, 0.1) is 6.04 Å². The Balaban J connectivity index is 1.47. The van der Waals surface area contributed by atoms with E-state index in [9.17, 15) is 4.79 Å². The van der Waals surface area contributed by atoms with Crippen LogP contribution in [0.5, 0.6) is 0 Å². The molecule has 0 aliphatic carbocycles. The van der Waals surface area contributed by atoms with Crippen LogP contribution in [0.3, 0.4) is 0 Å². The highest BCUT2D eigenvalue weighted by atomic mass is 16.3.